The summed E-state index contributed by atoms with van der Waals surface area (Å²) in [7, 11) is -1.23. The van der Waals surface area contributed by atoms with Crippen LogP contribution in [0.5, 0.6) is 0 Å². The summed E-state index contributed by atoms with van der Waals surface area (Å²) < 4.78 is 0. The SMILES string of the molecule is CCCC(CC)CC[PH](CCC(CC)CCC)(CCC(CC)CCC)CCC(CC)CCC. The Kier molecular flexibility index (Phi) is 22.0. The van der Waals surface area contributed by atoms with E-state index >= 15 is 0 Å². The van der Waals surface area contributed by atoms with Crippen LogP contribution in [0.3, 0.4) is 0 Å². The molecule has 33 heavy (non-hydrogen) atoms. The van der Waals surface area contributed by atoms with Gasteiger partial charge in [-0.25, -0.2) is 0 Å². The minimum atomic E-state index is -1.23. The van der Waals surface area contributed by atoms with E-state index in [-0.39, 0.29) is 0 Å². The Bertz CT molecular complexity index is 326. The molecule has 0 nitrogen and oxygen atoms in total. The van der Waals surface area contributed by atoms with Crippen LogP contribution in [0.15, 0.2) is 0 Å². The van der Waals surface area contributed by atoms with E-state index in [9.17, 15) is 0 Å². The molecule has 0 heterocycles. The molecule has 0 radical (unpaired) electrons. The van der Waals surface area contributed by atoms with Crippen molar-refractivity contribution in [2.24, 2.45) is 23.7 Å². The van der Waals surface area contributed by atoms with Gasteiger partial charge in [-0.15, -0.1) is 0 Å². The summed E-state index contributed by atoms with van der Waals surface area (Å²) in [5.74, 6) is 3.98. The fraction of sp³-hybridized carbons (Fsp3) is 1.00. The van der Waals surface area contributed by atoms with E-state index in [1.807, 2.05) is 0 Å². The van der Waals surface area contributed by atoms with Crippen molar-refractivity contribution < 1.29 is 0 Å². The Morgan fingerprint density at radius 2 is 0.545 bits per heavy atom. The van der Waals surface area contributed by atoms with Crippen LogP contribution in [0.1, 0.15) is 158 Å². The third kappa shape index (κ3) is 15.2. The van der Waals surface area contributed by atoms with Gasteiger partial charge in [-0.3, -0.25) is 0 Å². The average Bonchev–Trinajstić information content (AvgIpc) is 2.84. The molecule has 0 aliphatic carbocycles. The van der Waals surface area contributed by atoms with E-state index in [2.05, 4.69) is 55.4 Å². The van der Waals surface area contributed by atoms with Crippen LogP contribution < -0.4 is 0 Å². The van der Waals surface area contributed by atoms with Crippen LogP contribution in [0, 0.1) is 23.7 Å². The minimum absolute atomic E-state index is 0.995. The Morgan fingerprint density at radius 3 is 0.697 bits per heavy atom. The van der Waals surface area contributed by atoms with E-state index in [0.717, 1.165) is 23.7 Å². The fourth-order valence-electron chi connectivity index (χ4n) is 6.63. The van der Waals surface area contributed by atoms with Crippen LogP contribution in [-0.4, -0.2) is 24.6 Å². The molecule has 202 valence electrons. The van der Waals surface area contributed by atoms with Gasteiger partial charge in [0.15, 0.2) is 0 Å². The molecule has 0 spiro atoms. The quantitative estimate of drug-likeness (QED) is 0.119. The van der Waals surface area contributed by atoms with E-state index in [4.69, 9.17) is 0 Å². The van der Waals surface area contributed by atoms with Gasteiger partial charge in [-0.2, -0.15) is 0 Å². The normalized spacial score (nSPS) is 16.5. The van der Waals surface area contributed by atoms with Crippen molar-refractivity contribution in [3.8, 4) is 0 Å². The van der Waals surface area contributed by atoms with Gasteiger partial charge in [0, 0.05) is 0 Å². The molecule has 1 heteroatoms. The summed E-state index contributed by atoms with van der Waals surface area (Å²) >= 11 is 0. The molecule has 0 aliphatic heterocycles. The van der Waals surface area contributed by atoms with E-state index in [0.29, 0.717) is 0 Å². The van der Waals surface area contributed by atoms with Gasteiger partial charge < -0.3 is 0 Å². The molecule has 0 amide bonds. The Labute approximate surface area is 213 Å². The topological polar surface area (TPSA) is 0 Å². The van der Waals surface area contributed by atoms with Crippen LogP contribution in [0.4, 0.5) is 0 Å². The zero-order valence-corrected chi connectivity index (χ0v) is 26.0. The summed E-state index contributed by atoms with van der Waals surface area (Å²) in [5, 5.41) is 0. The van der Waals surface area contributed by atoms with Gasteiger partial charge in [-0.05, 0) is 0 Å². The van der Waals surface area contributed by atoms with Gasteiger partial charge in [0.25, 0.3) is 0 Å². The Hall–Kier alpha value is 0.430. The maximum absolute atomic E-state index is 2.46. The Balaban J connectivity index is 5.67. The predicted molar refractivity (Wildman–Crippen MR) is 161 cm³/mol. The van der Waals surface area contributed by atoms with Gasteiger partial charge in [0.05, 0.1) is 0 Å². The standard InChI is InChI=1S/C32H69P/c1-9-17-29(13-5)21-25-33(26-22-30(14-6)18-10-2,27-23-31(15-7)19-11-3)28-24-32(16-8)20-12-4/h29-33H,9-28H2,1-8H3. The van der Waals surface area contributed by atoms with Gasteiger partial charge >= 0.3 is 214 Å². The first-order valence-corrected chi connectivity index (χ1v) is 18.8. The van der Waals surface area contributed by atoms with E-state index in [1.54, 1.807) is 50.3 Å². The summed E-state index contributed by atoms with van der Waals surface area (Å²) in [4.78, 5) is 0. The van der Waals surface area contributed by atoms with Crippen molar-refractivity contribution >= 4 is 7.26 Å². The molecular formula is C32H69P. The summed E-state index contributed by atoms with van der Waals surface area (Å²) in [5.41, 5.74) is 0. The molecule has 0 bridgehead atoms. The first-order chi connectivity index (χ1) is 16.0. The van der Waals surface area contributed by atoms with E-state index < -0.39 is 7.26 Å². The molecule has 4 atom stereocenters. The van der Waals surface area contributed by atoms with Crippen LogP contribution in [-0.2, 0) is 0 Å². The molecule has 0 aliphatic rings. The van der Waals surface area contributed by atoms with Crippen molar-refractivity contribution in [2.45, 2.75) is 158 Å². The molecular weight excluding hydrogens is 415 g/mol. The third-order valence-corrected chi connectivity index (χ3v) is 14.8. The first kappa shape index (κ1) is 33.4. The van der Waals surface area contributed by atoms with Crippen molar-refractivity contribution in [1.29, 1.82) is 0 Å². The van der Waals surface area contributed by atoms with Crippen LogP contribution in [0.25, 0.3) is 0 Å². The molecule has 0 aromatic heterocycles. The molecule has 0 saturated heterocycles. The second-order valence-corrected chi connectivity index (χ2v) is 16.9. The molecule has 0 aromatic carbocycles. The Morgan fingerprint density at radius 1 is 0.333 bits per heavy atom. The molecule has 0 aromatic rings. The average molecular weight is 485 g/mol. The summed E-state index contributed by atoms with van der Waals surface area (Å²) in [6.45, 7) is 19.4. The second kappa shape index (κ2) is 21.7. The summed E-state index contributed by atoms with van der Waals surface area (Å²) in [6, 6.07) is 0. The van der Waals surface area contributed by atoms with Crippen molar-refractivity contribution in [2.75, 3.05) is 24.6 Å². The molecule has 0 fully saturated rings. The number of rotatable bonds is 24. The molecule has 0 rings (SSSR count). The summed E-state index contributed by atoms with van der Waals surface area (Å²) in [6.07, 6.45) is 29.8. The molecule has 0 N–H and O–H groups in total. The number of hydrogen-bond acceptors (Lipinski definition) is 0. The first-order valence-electron chi connectivity index (χ1n) is 16.0. The molecule has 0 saturated carbocycles. The zero-order chi connectivity index (χ0) is 25.0. The van der Waals surface area contributed by atoms with Crippen molar-refractivity contribution in [3.05, 3.63) is 0 Å². The number of hydrogen-bond donors (Lipinski definition) is 0. The fourth-order valence-corrected chi connectivity index (χ4v) is 12.2. The monoisotopic (exact) mass is 485 g/mol. The molecule has 4 unspecified atom stereocenters. The van der Waals surface area contributed by atoms with Gasteiger partial charge in [0.2, 0.25) is 0 Å². The van der Waals surface area contributed by atoms with Gasteiger partial charge in [0.1, 0.15) is 0 Å². The zero-order valence-electron chi connectivity index (χ0n) is 25.0. The van der Waals surface area contributed by atoms with Gasteiger partial charge in [-0.1, -0.05) is 0 Å². The third-order valence-electron chi connectivity index (χ3n) is 9.43. The van der Waals surface area contributed by atoms with E-state index in [1.165, 1.54) is 77.0 Å². The van der Waals surface area contributed by atoms with Crippen molar-refractivity contribution in [3.63, 3.8) is 0 Å². The van der Waals surface area contributed by atoms with Crippen LogP contribution >= 0.6 is 7.26 Å². The van der Waals surface area contributed by atoms with Crippen LogP contribution in [0.2, 0.25) is 0 Å². The predicted octanol–water partition coefficient (Wildman–Crippen LogP) is 11.6. The second-order valence-electron chi connectivity index (χ2n) is 11.9. The maximum atomic E-state index is 2.46. The van der Waals surface area contributed by atoms with Crippen molar-refractivity contribution in [1.82, 2.24) is 0 Å².